The summed E-state index contributed by atoms with van der Waals surface area (Å²) in [5.41, 5.74) is 2.36. The van der Waals surface area contributed by atoms with E-state index in [2.05, 4.69) is 18.0 Å². The van der Waals surface area contributed by atoms with Crippen molar-refractivity contribution in [2.75, 3.05) is 11.5 Å². The molecule has 1 aromatic carbocycles. The third-order valence-electron chi connectivity index (χ3n) is 3.86. The number of cyclic esters (lactones) is 1. The van der Waals surface area contributed by atoms with Gasteiger partial charge in [0.15, 0.2) is 5.13 Å². The van der Waals surface area contributed by atoms with Crippen molar-refractivity contribution in [1.29, 1.82) is 5.26 Å². The highest BCUT2D eigenvalue weighted by atomic mass is 32.1. The van der Waals surface area contributed by atoms with Gasteiger partial charge in [0.2, 0.25) is 0 Å². The van der Waals surface area contributed by atoms with Crippen LogP contribution in [0.5, 0.6) is 0 Å². The van der Waals surface area contributed by atoms with Gasteiger partial charge >= 0.3 is 6.09 Å². The predicted molar refractivity (Wildman–Crippen MR) is 89.4 cm³/mol. The molecule has 23 heavy (non-hydrogen) atoms. The summed E-state index contributed by atoms with van der Waals surface area (Å²) in [5, 5.41) is 11.5. The summed E-state index contributed by atoms with van der Waals surface area (Å²) in [6.45, 7) is 2.57. The Hall–Kier alpha value is -2.39. The van der Waals surface area contributed by atoms with Crippen LogP contribution in [0.15, 0.2) is 29.6 Å². The summed E-state index contributed by atoms with van der Waals surface area (Å²) in [5.74, 6) is 0. The number of carbonyl (C=O) groups excluding carboxylic acids is 1. The molecule has 1 saturated heterocycles. The lowest BCUT2D eigenvalue weighted by atomic mass is 10.1. The van der Waals surface area contributed by atoms with Crippen molar-refractivity contribution >= 4 is 22.6 Å². The minimum atomic E-state index is -0.313. The van der Waals surface area contributed by atoms with Crippen LogP contribution in [0.1, 0.15) is 31.7 Å². The zero-order valence-corrected chi connectivity index (χ0v) is 13.7. The number of nitrogens with zero attached hydrogens (tertiary/aromatic N) is 3. The first kappa shape index (κ1) is 15.5. The third-order valence-corrected chi connectivity index (χ3v) is 4.70. The average molecular weight is 327 g/mol. The third kappa shape index (κ3) is 3.20. The van der Waals surface area contributed by atoms with Gasteiger partial charge in [-0.05, 0) is 18.6 Å². The monoisotopic (exact) mass is 327 g/mol. The maximum absolute atomic E-state index is 12.0. The second-order valence-electron chi connectivity index (χ2n) is 5.45. The van der Waals surface area contributed by atoms with E-state index < -0.39 is 0 Å². The molecule has 0 bridgehead atoms. The van der Waals surface area contributed by atoms with Crippen LogP contribution in [-0.4, -0.2) is 23.7 Å². The van der Waals surface area contributed by atoms with Gasteiger partial charge in [-0.2, -0.15) is 5.26 Å². The minimum Gasteiger partial charge on any atom is -0.447 e. The van der Waals surface area contributed by atoms with Gasteiger partial charge < -0.3 is 4.74 Å². The molecule has 0 aliphatic carbocycles. The van der Waals surface area contributed by atoms with Gasteiger partial charge in [0.05, 0.1) is 23.4 Å². The van der Waals surface area contributed by atoms with E-state index in [0.717, 1.165) is 30.5 Å². The molecular weight excluding hydrogens is 310 g/mol. The van der Waals surface area contributed by atoms with Crippen molar-refractivity contribution in [1.82, 2.24) is 4.98 Å². The molecule has 118 valence electrons. The number of carbonyl (C=O) groups is 1. The zero-order chi connectivity index (χ0) is 16.2. The van der Waals surface area contributed by atoms with Crippen molar-refractivity contribution < 1.29 is 9.53 Å². The van der Waals surface area contributed by atoms with Crippen LogP contribution in [0.2, 0.25) is 0 Å². The maximum atomic E-state index is 12.0. The number of anilines is 1. The molecule has 0 N–H and O–H groups in total. The number of rotatable bonds is 5. The predicted octanol–water partition coefficient (Wildman–Crippen LogP) is 4.20. The molecular formula is C17H17N3O2S. The molecule has 5 nitrogen and oxygen atoms in total. The molecule has 1 amide bonds. The minimum absolute atomic E-state index is 0.0717. The first-order valence-electron chi connectivity index (χ1n) is 7.65. The zero-order valence-electron chi connectivity index (χ0n) is 12.9. The second-order valence-corrected chi connectivity index (χ2v) is 6.28. The Labute approximate surface area is 139 Å². The summed E-state index contributed by atoms with van der Waals surface area (Å²) in [4.78, 5) is 18.3. The Morgan fingerprint density at radius 3 is 2.91 bits per heavy atom. The Morgan fingerprint density at radius 1 is 1.43 bits per heavy atom. The molecule has 1 atom stereocenters. The summed E-state index contributed by atoms with van der Waals surface area (Å²) in [7, 11) is 0. The van der Waals surface area contributed by atoms with Gasteiger partial charge in [0.1, 0.15) is 6.61 Å². The SMILES string of the molecule is CCCCC1COC(=O)N1c1nc(-c2ccc(C#N)cc2)cs1. The van der Waals surface area contributed by atoms with Crippen LogP contribution >= 0.6 is 11.3 Å². The number of ether oxygens (including phenoxy) is 1. The molecule has 6 heteroatoms. The van der Waals surface area contributed by atoms with E-state index in [-0.39, 0.29) is 12.1 Å². The van der Waals surface area contributed by atoms with Crippen molar-refractivity contribution in [2.45, 2.75) is 32.2 Å². The first-order valence-corrected chi connectivity index (χ1v) is 8.53. The van der Waals surface area contributed by atoms with E-state index in [9.17, 15) is 4.79 Å². The lowest BCUT2D eigenvalue weighted by Crippen LogP contribution is -2.33. The van der Waals surface area contributed by atoms with E-state index in [0.29, 0.717) is 17.3 Å². The molecule has 3 rings (SSSR count). The summed E-state index contributed by atoms with van der Waals surface area (Å²) >= 11 is 1.44. The molecule has 1 unspecified atom stereocenters. The number of unbranched alkanes of at least 4 members (excludes halogenated alkanes) is 1. The van der Waals surface area contributed by atoms with E-state index in [4.69, 9.17) is 10.00 Å². The van der Waals surface area contributed by atoms with Crippen LogP contribution in [0.4, 0.5) is 9.93 Å². The summed E-state index contributed by atoms with van der Waals surface area (Å²) in [6, 6.07) is 9.44. The van der Waals surface area contributed by atoms with Gasteiger partial charge in [0, 0.05) is 10.9 Å². The number of nitriles is 1. The fourth-order valence-corrected chi connectivity index (χ4v) is 3.46. The molecule has 0 spiro atoms. The topological polar surface area (TPSA) is 66.2 Å². The van der Waals surface area contributed by atoms with Crippen molar-refractivity contribution in [3.8, 4) is 17.3 Å². The van der Waals surface area contributed by atoms with Crippen molar-refractivity contribution in [3.63, 3.8) is 0 Å². The maximum Gasteiger partial charge on any atom is 0.416 e. The van der Waals surface area contributed by atoms with E-state index in [1.807, 2.05) is 17.5 Å². The molecule has 2 heterocycles. The average Bonchev–Trinajstić information content (AvgIpc) is 3.19. The first-order chi connectivity index (χ1) is 11.2. The molecule has 0 saturated carbocycles. The van der Waals surface area contributed by atoms with E-state index in [1.165, 1.54) is 11.3 Å². The van der Waals surface area contributed by atoms with Crippen molar-refractivity contribution in [3.05, 3.63) is 35.2 Å². The normalized spacial score (nSPS) is 17.1. The Balaban J connectivity index is 1.82. The van der Waals surface area contributed by atoms with Gasteiger partial charge in [0.25, 0.3) is 0 Å². The molecule has 0 radical (unpaired) electrons. The lowest BCUT2D eigenvalue weighted by Gasteiger charge is -2.17. The summed E-state index contributed by atoms with van der Waals surface area (Å²) < 4.78 is 5.19. The van der Waals surface area contributed by atoms with Gasteiger partial charge in [-0.15, -0.1) is 11.3 Å². The molecule has 1 fully saturated rings. The van der Waals surface area contributed by atoms with Crippen LogP contribution in [0.3, 0.4) is 0 Å². The smallest absolute Gasteiger partial charge is 0.416 e. The second kappa shape index (κ2) is 6.80. The fourth-order valence-electron chi connectivity index (χ4n) is 2.57. The molecule has 1 aliphatic rings. The lowest BCUT2D eigenvalue weighted by molar-refractivity contribution is 0.178. The highest BCUT2D eigenvalue weighted by Gasteiger charge is 2.35. The Bertz CT molecular complexity index is 733. The standard InChI is InChI=1S/C17H17N3O2S/c1-2-3-4-14-10-22-17(21)20(14)16-19-15(11-23-16)13-7-5-12(9-18)6-8-13/h5-8,11,14H,2-4,10H2,1H3. The van der Waals surface area contributed by atoms with Crippen LogP contribution in [0.25, 0.3) is 11.3 Å². The quantitative estimate of drug-likeness (QED) is 0.825. The number of hydrogen-bond donors (Lipinski definition) is 0. The Morgan fingerprint density at radius 2 is 2.22 bits per heavy atom. The number of hydrogen-bond acceptors (Lipinski definition) is 5. The highest BCUT2D eigenvalue weighted by molar-refractivity contribution is 7.14. The largest absolute Gasteiger partial charge is 0.447 e. The fraction of sp³-hybridized carbons (Fsp3) is 0.353. The molecule has 1 aromatic heterocycles. The van der Waals surface area contributed by atoms with Crippen molar-refractivity contribution in [2.24, 2.45) is 0 Å². The molecule has 1 aliphatic heterocycles. The van der Waals surface area contributed by atoms with Crippen LogP contribution < -0.4 is 4.90 Å². The summed E-state index contributed by atoms with van der Waals surface area (Å²) in [6.07, 6.45) is 2.76. The number of benzene rings is 1. The Kier molecular flexibility index (Phi) is 4.58. The van der Waals surface area contributed by atoms with Gasteiger partial charge in [-0.3, -0.25) is 0 Å². The number of amides is 1. The number of aromatic nitrogens is 1. The molecule has 2 aromatic rings. The van der Waals surface area contributed by atoms with Gasteiger partial charge in [-0.1, -0.05) is 31.9 Å². The van der Waals surface area contributed by atoms with Crippen LogP contribution in [0, 0.1) is 11.3 Å². The van der Waals surface area contributed by atoms with E-state index >= 15 is 0 Å². The van der Waals surface area contributed by atoms with Gasteiger partial charge in [-0.25, -0.2) is 14.7 Å². The number of thiazole rings is 1. The van der Waals surface area contributed by atoms with Crippen LogP contribution in [-0.2, 0) is 4.74 Å². The highest BCUT2D eigenvalue weighted by Crippen LogP contribution is 2.32. The van der Waals surface area contributed by atoms with E-state index in [1.54, 1.807) is 17.0 Å².